The predicted octanol–water partition coefficient (Wildman–Crippen LogP) is 1.14. The molecule has 1 heterocycles. The molecule has 0 aromatic carbocycles. The third-order valence-electron chi connectivity index (χ3n) is 2.97. The third kappa shape index (κ3) is 3.65. The number of aliphatic carboxylic acids is 1. The lowest BCUT2D eigenvalue weighted by Crippen LogP contribution is -2.44. The number of pyridine rings is 1. The molecule has 0 fully saturated rings. The second-order valence-corrected chi connectivity index (χ2v) is 4.72. The third-order valence-corrected chi connectivity index (χ3v) is 2.97. The van der Waals surface area contributed by atoms with Gasteiger partial charge in [-0.15, -0.1) is 0 Å². The van der Waals surface area contributed by atoms with Gasteiger partial charge in [0.2, 0.25) is 0 Å². The molecular formula is C12H16N4O5. The van der Waals surface area contributed by atoms with Gasteiger partial charge in [0.05, 0.1) is 10.5 Å². The average Bonchev–Trinajstić information content (AvgIpc) is 2.38. The largest absolute Gasteiger partial charge is 0.480 e. The zero-order valence-electron chi connectivity index (χ0n) is 11.6. The van der Waals surface area contributed by atoms with Crippen LogP contribution in [0.1, 0.15) is 37.0 Å². The Kier molecular flexibility index (Phi) is 4.79. The first kappa shape index (κ1) is 16.3. The molecule has 1 aromatic heterocycles. The number of carbonyl (C=O) groups is 2. The van der Waals surface area contributed by atoms with Gasteiger partial charge in [-0.2, -0.15) is 0 Å². The maximum atomic E-state index is 11.4. The fraction of sp³-hybridized carbons (Fsp3) is 0.417. The fourth-order valence-corrected chi connectivity index (χ4v) is 1.83. The fourth-order valence-electron chi connectivity index (χ4n) is 1.83. The number of amides is 1. The van der Waals surface area contributed by atoms with Crippen LogP contribution in [0.15, 0.2) is 12.3 Å². The van der Waals surface area contributed by atoms with E-state index >= 15 is 0 Å². The number of nitrogens with zero attached hydrogens (tertiary/aromatic N) is 2. The summed E-state index contributed by atoms with van der Waals surface area (Å²) in [6.45, 7) is 3.24. The van der Waals surface area contributed by atoms with Gasteiger partial charge in [0, 0.05) is 6.07 Å². The summed E-state index contributed by atoms with van der Waals surface area (Å²) in [6.07, 6.45) is 1.79. The van der Waals surface area contributed by atoms with Gasteiger partial charge in [0.15, 0.2) is 0 Å². The molecule has 114 valence electrons. The topological polar surface area (TPSA) is 148 Å². The summed E-state index contributed by atoms with van der Waals surface area (Å²) in [7, 11) is 0. The molecule has 0 aliphatic carbocycles. The number of nitrogens with one attached hydrogen (secondary N) is 1. The van der Waals surface area contributed by atoms with Crippen LogP contribution in [0.25, 0.3) is 0 Å². The van der Waals surface area contributed by atoms with Crippen molar-refractivity contribution < 1.29 is 19.6 Å². The van der Waals surface area contributed by atoms with Crippen molar-refractivity contribution in [3.63, 3.8) is 0 Å². The molecule has 1 aromatic rings. The molecule has 0 saturated heterocycles. The molecule has 0 aliphatic rings. The molecule has 1 amide bonds. The van der Waals surface area contributed by atoms with Crippen molar-refractivity contribution in [2.45, 2.75) is 32.2 Å². The molecule has 0 bridgehead atoms. The van der Waals surface area contributed by atoms with Gasteiger partial charge in [-0.3, -0.25) is 14.9 Å². The number of hydrogen-bond acceptors (Lipinski definition) is 6. The molecule has 9 heteroatoms. The van der Waals surface area contributed by atoms with E-state index in [1.807, 2.05) is 0 Å². The number of hydrogen-bond donors (Lipinski definition) is 3. The molecule has 1 rings (SSSR count). The first-order valence-corrected chi connectivity index (χ1v) is 6.17. The van der Waals surface area contributed by atoms with Crippen LogP contribution in [0.5, 0.6) is 0 Å². The van der Waals surface area contributed by atoms with Gasteiger partial charge in [-0.05, 0) is 13.3 Å². The summed E-state index contributed by atoms with van der Waals surface area (Å²) in [5, 5.41) is 22.6. The van der Waals surface area contributed by atoms with E-state index in [1.165, 1.54) is 6.92 Å². The van der Waals surface area contributed by atoms with Crippen LogP contribution in [0.4, 0.5) is 11.5 Å². The van der Waals surface area contributed by atoms with E-state index in [4.69, 9.17) is 5.73 Å². The summed E-state index contributed by atoms with van der Waals surface area (Å²) in [5.74, 6) is -2.15. The Morgan fingerprint density at radius 3 is 2.62 bits per heavy atom. The highest BCUT2D eigenvalue weighted by Crippen LogP contribution is 2.24. The van der Waals surface area contributed by atoms with Crippen LogP contribution >= 0.6 is 0 Å². The minimum Gasteiger partial charge on any atom is -0.480 e. The minimum atomic E-state index is -1.36. The van der Waals surface area contributed by atoms with E-state index in [2.05, 4.69) is 10.3 Å². The van der Waals surface area contributed by atoms with Gasteiger partial charge < -0.3 is 16.2 Å². The van der Waals surface area contributed by atoms with E-state index in [0.29, 0.717) is 6.42 Å². The lowest BCUT2D eigenvalue weighted by Gasteiger charge is -2.27. The van der Waals surface area contributed by atoms with Crippen molar-refractivity contribution in [1.29, 1.82) is 0 Å². The number of carboxylic acid groups (broad SMARTS) is 1. The summed E-state index contributed by atoms with van der Waals surface area (Å²) < 4.78 is 0. The molecule has 4 N–H and O–H groups in total. The second-order valence-electron chi connectivity index (χ2n) is 4.72. The first-order valence-electron chi connectivity index (χ1n) is 6.17. The Hall–Kier alpha value is -2.71. The molecule has 0 saturated carbocycles. The van der Waals surface area contributed by atoms with Crippen LogP contribution in [0.3, 0.4) is 0 Å². The summed E-state index contributed by atoms with van der Waals surface area (Å²) in [5.41, 5.74) is 3.17. The molecule has 0 aliphatic heterocycles. The van der Waals surface area contributed by atoms with Crippen molar-refractivity contribution in [3.8, 4) is 0 Å². The highest BCUT2D eigenvalue weighted by molar-refractivity contribution is 5.99. The second kappa shape index (κ2) is 6.16. The highest BCUT2D eigenvalue weighted by Gasteiger charge is 2.33. The zero-order chi connectivity index (χ0) is 16.2. The minimum absolute atomic E-state index is 0.0912. The van der Waals surface area contributed by atoms with E-state index in [0.717, 1.165) is 12.3 Å². The maximum absolute atomic E-state index is 11.4. The van der Waals surface area contributed by atoms with Gasteiger partial charge in [0.25, 0.3) is 11.6 Å². The Morgan fingerprint density at radius 1 is 1.57 bits per heavy atom. The van der Waals surface area contributed by atoms with Crippen LogP contribution in [-0.2, 0) is 4.79 Å². The van der Waals surface area contributed by atoms with Crippen LogP contribution in [0.2, 0.25) is 0 Å². The van der Waals surface area contributed by atoms with Crippen LogP contribution in [-0.4, -0.2) is 32.4 Å². The smallest absolute Gasteiger partial charge is 0.329 e. The molecule has 21 heavy (non-hydrogen) atoms. The van der Waals surface area contributed by atoms with E-state index in [9.17, 15) is 24.8 Å². The standard InChI is InChI=1S/C12H16N4O5/c1-3-4-12(2,11(18)19)15-10-8(9(13)17)5-7(6-14-10)16(20)21/h5-6H,3-4H2,1-2H3,(H2,13,17)(H,14,15)(H,18,19). The van der Waals surface area contributed by atoms with E-state index in [1.54, 1.807) is 6.92 Å². The van der Waals surface area contributed by atoms with Gasteiger partial charge in [-0.1, -0.05) is 13.3 Å². The lowest BCUT2D eigenvalue weighted by atomic mass is 9.96. The average molecular weight is 296 g/mol. The van der Waals surface area contributed by atoms with Gasteiger partial charge >= 0.3 is 5.97 Å². The SMILES string of the molecule is CCCC(C)(Nc1ncc([N+](=O)[O-])cc1C(N)=O)C(=O)O. The normalized spacial score (nSPS) is 13.2. The number of primary amides is 1. The lowest BCUT2D eigenvalue weighted by molar-refractivity contribution is -0.385. The number of anilines is 1. The maximum Gasteiger partial charge on any atom is 0.329 e. The Labute approximate surface area is 120 Å². The monoisotopic (exact) mass is 296 g/mol. The molecule has 0 spiro atoms. The van der Waals surface area contributed by atoms with Crippen molar-refractivity contribution in [2.24, 2.45) is 5.73 Å². The Morgan fingerprint density at radius 2 is 2.19 bits per heavy atom. The Balaban J connectivity index is 3.26. The van der Waals surface area contributed by atoms with E-state index < -0.39 is 28.0 Å². The van der Waals surface area contributed by atoms with Crippen LogP contribution in [0, 0.1) is 10.1 Å². The first-order chi connectivity index (χ1) is 9.71. The summed E-state index contributed by atoms with van der Waals surface area (Å²) >= 11 is 0. The zero-order valence-corrected chi connectivity index (χ0v) is 11.6. The van der Waals surface area contributed by atoms with Crippen molar-refractivity contribution in [1.82, 2.24) is 4.98 Å². The van der Waals surface area contributed by atoms with Crippen molar-refractivity contribution in [2.75, 3.05) is 5.32 Å². The molecule has 9 nitrogen and oxygen atoms in total. The van der Waals surface area contributed by atoms with E-state index in [-0.39, 0.29) is 17.8 Å². The number of rotatable bonds is 7. The number of nitro groups is 1. The molecular weight excluding hydrogens is 280 g/mol. The summed E-state index contributed by atoms with van der Waals surface area (Å²) in [4.78, 5) is 36.5. The highest BCUT2D eigenvalue weighted by atomic mass is 16.6. The van der Waals surface area contributed by atoms with Crippen LogP contribution < -0.4 is 11.1 Å². The quantitative estimate of drug-likeness (QED) is 0.504. The predicted molar refractivity (Wildman–Crippen MR) is 74.0 cm³/mol. The van der Waals surface area contributed by atoms with Crippen molar-refractivity contribution >= 4 is 23.4 Å². The van der Waals surface area contributed by atoms with Gasteiger partial charge in [-0.25, -0.2) is 9.78 Å². The number of nitrogens with two attached hydrogens (primary N) is 1. The van der Waals surface area contributed by atoms with Gasteiger partial charge in [0.1, 0.15) is 17.6 Å². The summed E-state index contributed by atoms with van der Waals surface area (Å²) in [6, 6.07) is 0.964. The number of carbonyl (C=O) groups excluding carboxylic acids is 1. The number of aromatic nitrogens is 1. The molecule has 0 radical (unpaired) electrons. The molecule has 1 unspecified atom stereocenters. The van der Waals surface area contributed by atoms with Crippen molar-refractivity contribution in [3.05, 3.63) is 27.9 Å². The number of carboxylic acids is 1. The Bertz CT molecular complexity index is 589. The molecule has 1 atom stereocenters.